The van der Waals surface area contributed by atoms with Crippen LogP contribution in [0.3, 0.4) is 0 Å². The lowest BCUT2D eigenvalue weighted by molar-refractivity contribution is 0.325. The number of nitrogens with zero attached hydrogens (tertiary/aromatic N) is 4. The predicted octanol–water partition coefficient (Wildman–Crippen LogP) is 4.45. The maximum Gasteiger partial charge on any atom is 0.229 e. The Balaban J connectivity index is 1.54. The Labute approximate surface area is 171 Å². The molecule has 0 amide bonds. The number of fused-ring (bicyclic) bond motifs is 1. The molecule has 0 unspecified atom stereocenters. The monoisotopic (exact) mass is 396 g/mol. The molecule has 0 spiro atoms. The van der Waals surface area contributed by atoms with Crippen molar-refractivity contribution in [3.05, 3.63) is 35.5 Å². The zero-order valence-corrected chi connectivity index (χ0v) is 17.7. The first-order valence-corrected chi connectivity index (χ1v) is 10.1. The Morgan fingerprint density at radius 1 is 1.03 bits per heavy atom. The second-order valence-electron chi connectivity index (χ2n) is 7.93. The third kappa shape index (κ3) is 3.73. The molecule has 29 heavy (non-hydrogen) atoms. The molecule has 1 saturated heterocycles. The Kier molecular flexibility index (Phi) is 5.30. The molecule has 3 heterocycles. The SMILES string of the molecule is COc1cc2nc(N3CCC(c4nc(C(C)C)no4)CC3)cc(C)c2cc1OC. The van der Waals surface area contributed by atoms with E-state index in [1.807, 2.05) is 12.1 Å². The standard InChI is InChI=1S/C22H28N4O3/c1-13(2)21-24-22(29-25-21)15-6-8-26(9-7-15)20-10-14(3)16-11-18(27-4)19(28-5)12-17(16)23-20/h10-13,15H,6-9H2,1-5H3. The van der Waals surface area contributed by atoms with Gasteiger partial charge in [0, 0.05) is 36.4 Å². The summed E-state index contributed by atoms with van der Waals surface area (Å²) in [5.41, 5.74) is 2.09. The molecule has 4 rings (SSSR count). The lowest BCUT2D eigenvalue weighted by Gasteiger charge is -2.31. The predicted molar refractivity (Wildman–Crippen MR) is 112 cm³/mol. The number of pyridine rings is 1. The molecule has 3 aromatic rings. The van der Waals surface area contributed by atoms with Gasteiger partial charge in [0.2, 0.25) is 5.89 Å². The molecule has 0 N–H and O–H groups in total. The highest BCUT2D eigenvalue weighted by atomic mass is 16.5. The van der Waals surface area contributed by atoms with Gasteiger partial charge in [-0.2, -0.15) is 4.98 Å². The minimum Gasteiger partial charge on any atom is -0.493 e. The van der Waals surface area contributed by atoms with E-state index < -0.39 is 0 Å². The highest BCUT2D eigenvalue weighted by molar-refractivity contribution is 5.87. The van der Waals surface area contributed by atoms with Crippen molar-refractivity contribution in [3.8, 4) is 11.5 Å². The van der Waals surface area contributed by atoms with E-state index in [9.17, 15) is 0 Å². The number of aryl methyl sites for hydroxylation is 1. The molecule has 0 atom stereocenters. The third-order valence-electron chi connectivity index (χ3n) is 5.65. The molecule has 1 aliphatic rings. The third-order valence-corrected chi connectivity index (χ3v) is 5.65. The molecule has 1 aliphatic heterocycles. The first-order chi connectivity index (χ1) is 14.0. The minimum atomic E-state index is 0.285. The summed E-state index contributed by atoms with van der Waals surface area (Å²) in [5.74, 6) is 4.57. The van der Waals surface area contributed by atoms with Gasteiger partial charge in [0.1, 0.15) is 5.82 Å². The highest BCUT2D eigenvalue weighted by Crippen LogP contribution is 2.35. The zero-order chi connectivity index (χ0) is 20.5. The quantitative estimate of drug-likeness (QED) is 0.631. The van der Waals surface area contributed by atoms with Crippen LogP contribution in [-0.2, 0) is 0 Å². The Hall–Kier alpha value is -2.83. The van der Waals surface area contributed by atoms with Gasteiger partial charge in [0.25, 0.3) is 0 Å². The first-order valence-electron chi connectivity index (χ1n) is 10.1. The van der Waals surface area contributed by atoms with Crippen molar-refractivity contribution in [3.63, 3.8) is 0 Å². The largest absolute Gasteiger partial charge is 0.493 e. The fourth-order valence-corrected chi connectivity index (χ4v) is 3.87. The van der Waals surface area contributed by atoms with Crippen LogP contribution in [0.5, 0.6) is 11.5 Å². The van der Waals surface area contributed by atoms with Crippen LogP contribution in [0.15, 0.2) is 22.7 Å². The molecule has 1 aromatic carbocycles. The van der Waals surface area contributed by atoms with E-state index in [0.717, 1.165) is 60.1 Å². The summed E-state index contributed by atoms with van der Waals surface area (Å²) in [6.45, 7) is 8.09. The summed E-state index contributed by atoms with van der Waals surface area (Å²) >= 11 is 0. The van der Waals surface area contributed by atoms with Crippen molar-refractivity contribution in [2.24, 2.45) is 0 Å². The smallest absolute Gasteiger partial charge is 0.229 e. The number of piperidine rings is 1. The first kappa shape index (κ1) is 19.5. The van der Waals surface area contributed by atoms with Gasteiger partial charge in [0.05, 0.1) is 19.7 Å². The number of benzene rings is 1. The fourth-order valence-electron chi connectivity index (χ4n) is 3.87. The molecular weight excluding hydrogens is 368 g/mol. The fraction of sp³-hybridized carbons (Fsp3) is 0.500. The van der Waals surface area contributed by atoms with Crippen molar-refractivity contribution in [1.82, 2.24) is 15.1 Å². The van der Waals surface area contributed by atoms with Gasteiger partial charge in [-0.1, -0.05) is 19.0 Å². The molecule has 2 aromatic heterocycles. The van der Waals surface area contributed by atoms with Gasteiger partial charge in [-0.05, 0) is 37.5 Å². The summed E-state index contributed by atoms with van der Waals surface area (Å²) in [6.07, 6.45) is 1.95. The van der Waals surface area contributed by atoms with Crippen LogP contribution in [0.1, 0.15) is 55.8 Å². The average molecular weight is 396 g/mol. The molecule has 0 bridgehead atoms. The number of hydrogen-bond donors (Lipinski definition) is 0. The molecule has 7 nitrogen and oxygen atoms in total. The molecule has 154 valence electrons. The highest BCUT2D eigenvalue weighted by Gasteiger charge is 2.26. The van der Waals surface area contributed by atoms with Gasteiger partial charge < -0.3 is 18.9 Å². The maximum atomic E-state index is 5.51. The van der Waals surface area contributed by atoms with Gasteiger partial charge in [-0.3, -0.25) is 0 Å². The number of methoxy groups -OCH3 is 2. The van der Waals surface area contributed by atoms with E-state index in [-0.39, 0.29) is 5.92 Å². The normalized spacial score (nSPS) is 15.3. The van der Waals surface area contributed by atoms with Gasteiger partial charge in [0.15, 0.2) is 17.3 Å². The maximum absolute atomic E-state index is 5.51. The van der Waals surface area contributed by atoms with Crippen molar-refractivity contribution < 1.29 is 14.0 Å². The second kappa shape index (κ2) is 7.89. The number of rotatable bonds is 5. The van der Waals surface area contributed by atoms with Crippen LogP contribution in [0, 0.1) is 6.92 Å². The van der Waals surface area contributed by atoms with Crippen LogP contribution >= 0.6 is 0 Å². The molecule has 0 aliphatic carbocycles. The van der Waals surface area contributed by atoms with Gasteiger partial charge >= 0.3 is 0 Å². The van der Waals surface area contributed by atoms with Gasteiger partial charge in [-0.15, -0.1) is 0 Å². The molecule has 7 heteroatoms. The zero-order valence-electron chi connectivity index (χ0n) is 17.7. The van der Waals surface area contributed by atoms with Crippen LogP contribution in [-0.4, -0.2) is 42.4 Å². The van der Waals surface area contributed by atoms with Crippen molar-refractivity contribution in [1.29, 1.82) is 0 Å². The summed E-state index contributed by atoms with van der Waals surface area (Å²) in [7, 11) is 3.30. The summed E-state index contributed by atoms with van der Waals surface area (Å²) in [5, 5.41) is 5.19. The van der Waals surface area contributed by atoms with E-state index in [1.165, 1.54) is 5.56 Å². The van der Waals surface area contributed by atoms with E-state index in [0.29, 0.717) is 11.7 Å². The van der Waals surface area contributed by atoms with E-state index in [1.54, 1.807) is 14.2 Å². The van der Waals surface area contributed by atoms with Crippen LogP contribution < -0.4 is 14.4 Å². The Morgan fingerprint density at radius 2 is 1.72 bits per heavy atom. The van der Waals surface area contributed by atoms with E-state index >= 15 is 0 Å². The number of aromatic nitrogens is 3. The molecule has 1 fully saturated rings. The Bertz CT molecular complexity index is 1010. The van der Waals surface area contributed by atoms with E-state index in [2.05, 4.69) is 41.9 Å². The van der Waals surface area contributed by atoms with Crippen LogP contribution in [0.4, 0.5) is 5.82 Å². The summed E-state index contributed by atoms with van der Waals surface area (Å²) in [4.78, 5) is 11.8. The summed E-state index contributed by atoms with van der Waals surface area (Å²) < 4.78 is 16.4. The van der Waals surface area contributed by atoms with Gasteiger partial charge in [-0.25, -0.2) is 4.98 Å². The van der Waals surface area contributed by atoms with Crippen molar-refractivity contribution in [2.45, 2.75) is 45.4 Å². The average Bonchev–Trinajstić information content (AvgIpc) is 3.23. The number of anilines is 1. The van der Waals surface area contributed by atoms with Crippen molar-refractivity contribution in [2.75, 3.05) is 32.2 Å². The number of hydrogen-bond acceptors (Lipinski definition) is 7. The molecular formula is C22H28N4O3. The number of ether oxygens (including phenoxy) is 2. The topological polar surface area (TPSA) is 73.5 Å². The summed E-state index contributed by atoms with van der Waals surface area (Å²) in [6, 6.07) is 6.09. The van der Waals surface area contributed by atoms with E-state index in [4.69, 9.17) is 19.0 Å². The molecule has 0 saturated carbocycles. The van der Waals surface area contributed by atoms with Crippen LogP contribution in [0.25, 0.3) is 10.9 Å². The Morgan fingerprint density at radius 3 is 2.34 bits per heavy atom. The second-order valence-corrected chi connectivity index (χ2v) is 7.93. The lowest BCUT2D eigenvalue weighted by atomic mass is 9.96. The van der Waals surface area contributed by atoms with Crippen LogP contribution in [0.2, 0.25) is 0 Å². The minimum absolute atomic E-state index is 0.285. The van der Waals surface area contributed by atoms with Crippen molar-refractivity contribution >= 4 is 16.7 Å². The molecule has 0 radical (unpaired) electrons. The lowest BCUT2D eigenvalue weighted by Crippen LogP contribution is -2.33.